The summed E-state index contributed by atoms with van der Waals surface area (Å²) >= 11 is 0. The maximum Gasteiger partial charge on any atom is 0.303 e. The largest absolute Gasteiger partial charge is 0.494 e. The summed E-state index contributed by atoms with van der Waals surface area (Å²) in [6.07, 6.45) is 7.49. The van der Waals surface area contributed by atoms with E-state index in [0.29, 0.717) is 24.5 Å². The Balaban J connectivity index is 1.92. The van der Waals surface area contributed by atoms with Crippen LogP contribution in [-0.4, -0.2) is 23.7 Å². The van der Waals surface area contributed by atoms with Crippen LogP contribution in [0.1, 0.15) is 84.1 Å². The summed E-state index contributed by atoms with van der Waals surface area (Å²) in [5.41, 5.74) is 4.11. The van der Waals surface area contributed by atoms with Crippen molar-refractivity contribution in [2.75, 3.05) is 17.2 Å². The molecule has 3 rings (SSSR count). The number of ether oxygens (including phenoxy) is 1. The molecule has 0 saturated heterocycles. The summed E-state index contributed by atoms with van der Waals surface area (Å²) in [4.78, 5) is 11.4. The van der Waals surface area contributed by atoms with E-state index in [1.54, 1.807) is 0 Å². The summed E-state index contributed by atoms with van der Waals surface area (Å²) in [7, 11) is 0. The van der Waals surface area contributed by atoms with Gasteiger partial charge in [0.25, 0.3) is 0 Å². The molecule has 2 aromatic rings. The van der Waals surface area contributed by atoms with Gasteiger partial charge >= 0.3 is 5.97 Å². The van der Waals surface area contributed by atoms with Crippen LogP contribution in [0.2, 0.25) is 0 Å². The zero-order chi connectivity index (χ0) is 24.5. The number of hydrogen-bond acceptors (Lipinski definition) is 4. The van der Waals surface area contributed by atoms with Crippen LogP contribution >= 0.6 is 0 Å². The van der Waals surface area contributed by atoms with Crippen LogP contribution in [0, 0.1) is 11.8 Å². The van der Waals surface area contributed by atoms with Crippen molar-refractivity contribution < 1.29 is 14.6 Å². The lowest BCUT2D eigenvalue weighted by Gasteiger charge is -2.35. The van der Waals surface area contributed by atoms with E-state index < -0.39 is 5.97 Å². The summed E-state index contributed by atoms with van der Waals surface area (Å²) in [6, 6.07) is 14.8. The van der Waals surface area contributed by atoms with Crippen LogP contribution < -0.4 is 15.4 Å². The van der Waals surface area contributed by atoms with Crippen molar-refractivity contribution in [2.45, 2.75) is 84.6 Å². The van der Waals surface area contributed by atoms with E-state index in [9.17, 15) is 9.90 Å². The maximum absolute atomic E-state index is 11.4. The first-order valence-electron chi connectivity index (χ1n) is 13.0. The Bertz CT molecular complexity index is 904. The number of carbonyl (C=O) groups is 1. The number of anilines is 3. The molecule has 5 heteroatoms. The Kier molecular flexibility index (Phi) is 9.67. The third-order valence-corrected chi connectivity index (χ3v) is 7.07. The van der Waals surface area contributed by atoms with Crippen LogP contribution in [0.15, 0.2) is 42.5 Å². The van der Waals surface area contributed by atoms with Crippen molar-refractivity contribution in [1.29, 1.82) is 0 Å². The zero-order valence-electron chi connectivity index (χ0n) is 21.3. The Morgan fingerprint density at radius 2 is 1.74 bits per heavy atom. The lowest BCUT2D eigenvalue weighted by atomic mass is 9.79. The standard InChI is InChI=1S/C29H42N2O3/c1-5-21(19-28(32)33)23-12-17-26(31-29(20(3)4)22-10-8-7-9-11-22)27(18-23)30-24-13-15-25(16-14-24)34-6-2/h12-18,20-22,29-31H,5-11,19H2,1-4H3,(H,32,33). The number of carboxylic acid groups (broad SMARTS) is 1. The molecule has 1 fully saturated rings. The van der Waals surface area contributed by atoms with Crippen LogP contribution in [0.25, 0.3) is 0 Å². The van der Waals surface area contributed by atoms with E-state index in [1.807, 2.05) is 31.2 Å². The molecule has 0 bridgehead atoms. The summed E-state index contributed by atoms with van der Waals surface area (Å²) in [6.45, 7) is 9.29. The molecule has 2 aromatic carbocycles. The molecule has 186 valence electrons. The molecule has 0 amide bonds. The van der Waals surface area contributed by atoms with Gasteiger partial charge in [-0.3, -0.25) is 4.79 Å². The van der Waals surface area contributed by atoms with Crippen LogP contribution in [0.3, 0.4) is 0 Å². The number of benzene rings is 2. The van der Waals surface area contributed by atoms with Gasteiger partial charge in [0.1, 0.15) is 5.75 Å². The van der Waals surface area contributed by atoms with Crippen molar-refractivity contribution in [1.82, 2.24) is 0 Å². The molecule has 0 heterocycles. The van der Waals surface area contributed by atoms with E-state index in [-0.39, 0.29) is 12.3 Å². The first-order chi connectivity index (χ1) is 16.4. The van der Waals surface area contributed by atoms with Crippen molar-refractivity contribution in [3.8, 4) is 5.75 Å². The molecule has 1 aliphatic rings. The highest BCUT2D eigenvalue weighted by Crippen LogP contribution is 2.36. The predicted molar refractivity (Wildman–Crippen MR) is 141 cm³/mol. The first kappa shape index (κ1) is 25.9. The van der Waals surface area contributed by atoms with Crippen molar-refractivity contribution in [3.63, 3.8) is 0 Å². The highest BCUT2D eigenvalue weighted by molar-refractivity contribution is 5.76. The molecule has 2 unspecified atom stereocenters. The Hall–Kier alpha value is -2.69. The maximum atomic E-state index is 11.4. The van der Waals surface area contributed by atoms with Crippen molar-refractivity contribution in [2.24, 2.45) is 11.8 Å². The normalized spacial score (nSPS) is 16.1. The van der Waals surface area contributed by atoms with Crippen molar-refractivity contribution in [3.05, 3.63) is 48.0 Å². The number of carboxylic acids is 1. The monoisotopic (exact) mass is 466 g/mol. The van der Waals surface area contributed by atoms with Crippen molar-refractivity contribution >= 4 is 23.0 Å². The number of hydrogen-bond donors (Lipinski definition) is 3. The fourth-order valence-corrected chi connectivity index (χ4v) is 5.21. The highest BCUT2D eigenvalue weighted by Gasteiger charge is 2.27. The van der Waals surface area contributed by atoms with Gasteiger partial charge in [0.05, 0.1) is 24.4 Å². The molecule has 1 aliphatic carbocycles. The number of nitrogens with one attached hydrogen (secondary N) is 2. The molecule has 5 nitrogen and oxygen atoms in total. The Morgan fingerprint density at radius 3 is 2.32 bits per heavy atom. The third kappa shape index (κ3) is 7.15. The lowest BCUT2D eigenvalue weighted by Crippen LogP contribution is -2.35. The summed E-state index contributed by atoms with van der Waals surface area (Å²) < 4.78 is 5.59. The Morgan fingerprint density at radius 1 is 1.03 bits per heavy atom. The average Bonchev–Trinajstić information content (AvgIpc) is 2.83. The zero-order valence-corrected chi connectivity index (χ0v) is 21.3. The SMILES string of the molecule is CCOc1ccc(Nc2cc(C(CC)CC(=O)O)ccc2NC(C(C)C)C2CCCCC2)cc1. The molecule has 34 heavy (non-hydrogen) atoms. The van der Waals surface area contributed by atoms with Gasteiger partial charge in [-0.25, -0.2) is 0 Å². The minimum absolute atomic E-state index is 0.00771. The van der Waals surface area contributed by atoms with E-state index in [2.05, 4.69) is 49.6 Å². The van der Waals surface area contributed by atoms with Crippen LogP contribution in [0.4, 0.5) is 17.1 Å². The smallest absolute Gasteiger partial charge is 0.303 e. The average molecular weight is 467 g/mol. The van der Waals surface area contributed by atoms with Gasteiger partial charge in [0, 0.05) is 11.7 Å². The molecular weight excluding hydrogens is 424 g/mol. The lowest BCUT2D eigenvalue weighted by molar-refractivity contribution is -0.137. The van der Waals surface area contributed by atoms with Gasteiger partial charge in [-0.15, -0.1) is 0 Å². The molecule has 0 aromatic heterocycles. The minimum atomic E-state index is -0.757. The summed E-state index contributed by atoms with van der Waals surface area (Å²) in [5.74, 6) is 1.29. The predicted octanol–water partition coefficient (Wildman–Crippen LogP) is 7.81. The van der Waals surface area contributed by atoms with Crippen LogP contribution in [0.5, 0.6) is 5.75 Å². The van der Waals surface area contributed by atoms with Gasteiger partial charge in [0.2, 0.25) is 0 Å². The van der Waals surface area contributed by atoms with E-state index in [1.165, 1.54) is 32.1 Å². The fourth-order valence-electron chi connectivity index (χ4n) is 5.21. The first-order valence-corrected chi connectivity index (χ1v) is 13.0. The van der Waals surface area contributed by atoms with E-state index in [0.717, 1.165) is 34.8 Å². The molecule has 0 spiro atoms. The quantitative estimate of drug-likeness (QED) is 0.297. The van der Waals surface area contributed by atoms with Gasteiger partial charge < -0.3 is 20.5 Å². The fraction of sp³-hybridized carbons (Fsp3) is 0.552. The van der Waals surface area contributed by atoms with Gasteiger partial charge in [-0.1, -0.05) is 46.1 Å². The number of aliphatic carboxylic acids is 1. The van der Waals surface area contributed by atoms with E-state index in [4.69, 9.17) is 4.74 Å². The second kappa shape index (κ2) is 12.7. The molecule has 0 radical (unpaired) electrons. The van der Waals surface area contributed by atoms with Gasteiger partial charge in [0.15, 0.2) is 0 Å². The molecule has 2 atom stereocenters. The third-order valence-electron chi connectivity index (χ3n) is 7.07. The number of rotatable bonds is 12. The molecule has 0 aliphatic heterocycles. The second-order valence-electron chi connectivity index (χ2n) is 9.90. The van der Waals surface area contributed by atoms with Gasteiger partial charge in [-0.05, 0) is 85.9 Å². The molecule has 1 saturated carbocycles. The van der Waals surface area contributed by atoms with Gasteiger partial charge in [-0.2, -0.15) is 0 Å². The Labute approximate surface area is 205 Å². The summed E-state index contributed by atoms with van der Waals surface area (Å²) in [5, 5.41) is 16.9. The molecule has 3 N–H and O–H groups in total. The second-order valence-corrected chi connectivity index (χ2v) is 9.90. The van der Waals surface area contributed by atoms with Crippen LogP contribution in [-0.2, 0) is 4.79 Å². The topological polar surface area (TPSA) is 70.6 Å². The minimum Gasteiger partial charge on any atom is -0.494 e. The van der Waals surface area contributed by atoms with E-state index >= 15 is 0 Å². The molecular formula is C29H42N2O3. The highest BCUT2D eigenvalue weighted by atomic mass is 16.5.